The maximum absolute atomic E-state index is 10.8. The molecule has 0 aliphatic rings. The van der Waals surface area contributed by atoms with Gasteiger partial charge in [0.05, 0.1) is 6.10 Å². The van der Waals surface area contributed by atoms with Crippen molar-refractivity contribution in [2.45, 2.75) is 12.2 Å². The molecule has 1 aromatic heterocycles. The van der Waals surface area contributed by atoms with Gasteiger partial charge in [-0.2, -0.15) is 0 Å². The van der Waals surface area contributed by atoms with Gasteiger partial charge in [0.2, 0.25) is 0 Å². The highest BCUT2D eigenvalue weighted by Gasteiger charge is 2.18. The van der Waals surface area contributed by atoms with Crippen LogP contribution in [0.4, 0.5) is 0 Å². The van der Waals surface area contributed by atoms with Crippen molar-refractivity contribution in [2.75, 3.05) is 5.33 Å². The van der Waals surface area contributed by atoms with Gasteiger partial charge in [-0.3, -0.25) is 4.79 Å². The molecule has 1 aromatic rings. The molecule has 0 amide bonds. The zero-order valence-corrected chi connectivity index (χ0v) is 8.73. The van der Waals surface area contributed by atoms with Crippen LogP contribution in [0.25, 0.3) is 0 Å². The molecule has 0 saturated carbocycles. The van der Waals surface area contributed by atoms with Gasteiger partial charge in [0, 0.05) is 17.1 Å². The molecule has 78 valence electrons. The van der Waals surface area contributed by atoms with Gasteiger partial charge in [-0.15, -0.1) is 0 Å². The minimum atomic E-state index is -1.14. The summed E-state index contributed by atoms with van der Waals surface area (Å²) in [4.78, 5) is 13.0. The number of rotatable bonds is 3. The van der Waals surface area contributed by atoms with Crippen LogP contribution in [0.5, 0.6) is 5.75 Å². The highest BCUT2D eigenvalue weighted by atomic mass is 79.9. The molecular formula is C8H10BrNO4. The van der Waals surface area contributed by atoms with E-state index >= 15 is 0 Å². The largest absolute Gasteiger partial charge is 0.503 e. The van der Waals surface area contributed by atoms with E-state index in [-0.39, 0.29) is 10.9 Å². The Morgan fingerprint density at radius 2 is 2.14 bits per heavy atom. The Morgan fingerprint density at radius 3 is 2.64 bits per heavy atom. The second-order valence-electron chi connectivity index (χ2n) is 2.81. The van der Waals surface area contributed by atoms with Crippen LogP contribution in [0, 0.1) is 0 Å². The summed E-state index contributed by atoms with van der Waals surface area (Å²) in [6, 6.07) is 1.12. The number of H-pyrrole nitrogens is 1. The molecule has 4 N–H and O–H groups in total. The summed E-state index contributed by atoms with van der Waals surface area (Å²) in [7, 11) is 0. The maximum Gasteiger partial charge on any atom is 0.290 e. The molecule has 2 atom stereocenters. The van der Waals surface area contributed by atoms with Crippen LogP contribution in [0.15, 0.2) is 17.1 Å². The van der Waals surface area contributed by atoms with Crippen LogP contribution in [-0.2, 0) is 0 Å². The lowest BCUT2D eigenvalue weighted by Gasteiger charge is -2.15. The molecule has 0 radical (unpaired) electrons. The standard InChI is InChI=1S/C8H10BrNO4/c9-2-6(12)7(13)4-1-5(11)8(14)10-3-4/h1,3,6-7,11-13H,2H2,(H,10,14). The molecule has 0 aromatic carbocycles. The molecule has 2 unspecified atom stereocenters. The molecule has 5 nitrogen and oxygen atoms in total. The van der Waals surface area contributed by atoms with Crippen molar-refractivity contribution in [1.29, 1.82) is 0 Å². The van der Waals surface area contributed by atoms with Crippen molar-refractivity contribution >= 4 is 15.9 Å². The first-order valence-electron chi connectivity index (χ1n) is 3.90. The van der Waals surface area contributed by atoms with Crippen molar-refractivity contribution in [3.63, 3.8) is 0 Å². The predicted octanol–water partition coefficient (Wildman–Crippen LogP) is -0.130. The second kappa shape index (κ2) is 4.59. The highest BCUT2D eigenvalue weighted by Crippen LogP contribution is 2.18. The van der Waals surface area contributed by atoms with E-state index in [0.717, 1.165) is 6.07 Å². The van der Waals surface area contributed by atoms with Gasteiger partial charge in [-0.1, -0.05) is 15.9 Å². The van der Waals surface area contributed by atoms with E-state index in [1.807, 2.05) is 0 Å². The summed E-state index contributed by atoms with van der Waals surface area (Å²) >= 11 is 3.00. The Morgan fingerprint density at radius 1 is 1.50 bits per heavy atom. The van der Waals surface area contributed by atoms with Gasteiger partial charge < -0.3 is 20.3 Å². The number of hydrogen-bond acceptors (Lipinski definition) is 4. The second-order valence-corrected chi connectivity index (χ2v) is 3.46. The molecule has 0 saturated heterocycles. The minimum absolute atomic E-state index is 0.202. The molecule has 0 bridgehead atoms. The Kier molecular flexibility index (Phi) is 3.68. The SMILES string of the molecule is O=c1[nH]cc(C(O)C(O)CBr)cc1O. The zero-order chi connectivity index (χ0) is 10.7. The average Bonchev–Trinajstić information content (AvgIpc) is 2.20. The van der Waals surface area contributed by atoms with E-state index in [0.29, 0.717) is 0 Å². The summed E-state index contributed by atoms with van der Waals surface area (Å²) in [5.41, 5.74) is -0.372. The fourth-order valence-corrected chi connectivity index (χ4v) is 1.32. The van der Waals surface area contributed by atoms with Crippen molar-refractivity contribution in [3.8, 4) is 5.75 Å². The van der Waals surface area contributed by atoms with Crippen molar-refractivity contribution in [2.24, 2.45) is 0 Å². The Labute approximate surface area is 88.2 Å². The molecular weight excluding hydrogens is 254 g/mol. The Balaban J connectivity index is 2.96. The number of aliphatic hydroxyl groups is 2. The van der Waals surface area contributed by atoms with Crippen molar-refractivity contribution < 1.29 is 15.3 Å². The van der Waals surface area contributed by atoms with E-state index in [1.54, 1.807) is 0 Å². The molecule has 14 heavy (non-hydrogen) atoms. The number of aromatic amines is 1. The van der Waals surface area contributed by atoms with Crippen LogP contribution in [0.3, 0.4) is 0 Å². The van der Waals surface area contributed by atoms with E-state index in [2.05, 4.69) is 20.9 Å². The third-order valence-corrected chi connectivity index (χ3v) is 2.43. The van der Waals surface area contributed by atoms with Gasteiger partial charge >= 0.3 is 0 Å². The first-order chi connectivity index (χ1) is 6.56. The number of alkyl halides is 1. The number of nitrogens with one attached hydrogen (secondary N) is 1. The van der Waals surface area contributed by atoms with Crippen LogP contribution in [0.1, 0.15) is 11.7 Å². The summed E-state index contributed by atoms with van der Waals surface area (Å²) in [6.07, 6.45) is -0.879. The lowest BCUT2D eigenvalue weighted by Crippen LogP contribution is -2.20. The van der Waals surface area contributed by atoms with Crippen LogP contribution in [0.2, 0.25) is 0 Å². The molecule has 1 rings (SSSR count). The number of aliphatic hydroxyl groups excluding tert-OH is 2. The van der Waals surface area contributed by atoms with E-state index in [4.69, 9.17) is 5.11 Å². The Hall–Kier alpha value is -0.850. The predicted molar refractivity (Wildman–Crippen MR) is 53.5 cm³/mol. The third-order valence-electron chi connectivity index (χ3n) is 1.77. The highest BCUT2D eigenvalue weighted by molar-refractivity contribution is 9.09. The van der Waals surface area contributed by atoms with Gasteiger partial charge in [-0.05, 0) is 6.07 Å². The summed E-state index contributed by atoms with van der Waals surface area (Å²) < 4.78 is 0. The van der Waals surface area contributed by atoms with E-state index < -0.39 is 23.5 Å². The molecule has 0 spiro atoms. The van der Waals surface area contributed by atoms with Crippen molar-refractivity contribution in [1.82, 2.24) is 4.98 Å². The molecule has 0 aliphatic carbocycles. The van der Waals surface area contributed by atoms with Gasteiger partial charge in [-0.25, -0.2) is 0 Å². The smallest absolute Gasteiger partial charge is 0.290 e. The summed E-state index contributed by atoms with van der Waals surface area (Å²) in [6.45, 7) is 0. The van der Waals surface area contributed by atoms with Gasteiger partial charge in [0.15, 0.2) is 5.75 Å². The van der Waals surface area contributed by atoms with Crippen LogP contribution in [-0.4, -0.2) is 31.7 Å². The van der Waals surface area contributed by atoms with E-state index in [9.17, 15) is 15.0 Å². The molecule has 0 aliphatic heterocycles. The lowest BCUT2D eigenvalue weighted by molar-refractivity contribution is 0.0339. The minimum Gasteiger partial charge on any atom is -0.503 e. The Bertz CT molecular complexity index is 365. The summed E-state index contributed by atoms with van der Waals surface area (Å²) in [5.74, 6) is -0.483. The number of halogens is 1. The first-order valence-corrected chi connectivity index (χ1v) is 5.02. The quantitative estimate of drug-likeness (QED) is 0.572. The van der Waals surface area contributed by atoms with E-state index in [1.165, 1.54) is 6.20 Å². The number of aromatic nitrogens is 1. The number of aromatic hydroxyl groups is 1. The van der Waals surface area contributed by atoms with Crippen molar-refractivity contribution in [3.05, 3.63) is 28.2 Å². The molecule has 6 heteroatoms. The monoisotopic (exact) mass is 263 g/mol. The zero-order valence-electron chi connectivity index (χ0n) is 7.14. The van der Waals surface area contributed by atoms with Crippen LogP contribution >= 0.6 is 15.9 Å². The molecule has 0 fully saturated rings. The van der Waals surface area contributed by atoms with Gasteiger partial charge in [0.1, 0.15) is 6.10 Å². The fourth-order valence-electron chi connectivity index (χ4n) is 0.965. The lowest BCUT2D eigenvalue weighted by atomic mass is 10.1. The molecule has 1 heterocycles. The van der Waals surface area contributed by atoms with Gasteiger partial charge in [0.25, 0.3) is 5.56 Å². The summed E-state index contributed by atoms with van der Waals surface area (Å²) in [5, 5.41) is 28.0. The fraction of sp³-hybridized carbons (Fsp3) is 0.375. The maximum atomic E-state index is 10.8. The first kappa shape index (κ1) is 11.2. The topological polar surface area (TPSA) is 93.6 Å². The third kappa shape index (κ3) is 2.34. The average molecular weight is 264 g/mol. The number of hydrogen-bond donors (Lipinski definition) is 4. The van der Waals surface area contributed by atoms with Crippen LogP contribution < -0.4 is 5.56 Å². The normalized spacial score (nSPS) is 15.1. The number of pyridine rings is 1.